The monoisotopic (exact) mass is 223 g/mol. The van der Waals surface area contributed by atoms with E-state index >= 15 is 0 Å². The molecule has 1 atom stereocenters. The van der Waals surface area contributed by atoms with Crippen molar-refractivity contribution in [3.8, 4) is 6.07 Å². The first kappa shape index (κ1) is 11.5. The fraction of sp³-hybridized carbons (Fsp3) is 0.273. The van der Waals surface area contributed by atoms with E-state index < -0.39 is 11.6 Å². The highest BCUT2D eigenvalue weighted by Gasteiger charge is 2.29. The fourth-order valence-corrected chi connectivity index (χ4v) is 1.33. The van der Waals surface area contributed by atoms with E-state index in [4.69, 9.17) is 21.6 Å². The summed E-state index contributed by atoms with van der Waals surface area (Å²) < 4.78 is 4.97. The molecule has 3 nitrogen and oxygen atoms in total. The number of carbonyl (C=O) groups is 1. The maximum Gasteiger partial charge on any atom is 0.304 e. The van der Waals surface area contributed by atoms with Gasteiger partial charge in [0.25, 0.3) is 0 Å². The lowest BCUT2D eigenvalue weighted by atomic mass is 9.97. The molecule has 0 bridgehead atoms. The van der Waals surface area contributed by atoms with Gasteiger partial charge in [0.2, 0.25) is 5.60 Å². The lowest BCUT2D eigenvalue weighted by Gasteiger charge is -2.21. The number of ether oxygens (including phenoxy) is 1. The Labute approximate surface area is 93.2 Å². The minimum absolute atomic E-state index is 0.492. The Kier molecular flexibility index (Phi) is 3.33. The van der Waals surface area contributed by atoms with Gasteiger partial charge in [0.15, 0.2) is 0 Å². The number of carbonyl (C=O) groups excluding carboxylic acids is 1. The zero-order chi connectivity index (χ0) is 11.5. The molecule has 0 N–H and O–H groups in total. The van der Waals surface area contributed by atoms with E-state index in [1.165, 1.54) is 13.8 Å². The molecular weight excluding hydrogens is 214 g/mol. The number of esters is 1. The standard InChI is InChI=1S/C11H10ClNO2/c1-8(14)15-11(2,7-13)9-3-5-10(12)6-4-9/h3-6H,1-2H3/t11-/m1/s1. The molecule has 78 valence electrons. The second-order valence-corrected chi connectivity index (χ2v) is 3.68. The molecule has 15 heavy (non-hydrogen) atoms. The van der Waals surface area contributed by atoms with E-state index in [1.54, 1.807) is 24.3 Å². The van der Waals surface area contributed by atoms with E-state index in [9.17, 15) is 4.79 Å². The van der Waals surface area contributed by atoms with Gasteiger partial charge < -0.3 is 4.74 Å². The van der Waals surface area contributed by atoms with Crippen LogP contribution in [-0.2, 0) is 15.1 Å². The summed E-state index contributed by atoms with van der Waals surface area (Å²) in [4.78, 5) is 10.9. The van der Waals surface area contributed by atoms with Crippen LogP contribution in [0.5, 0.6) is 0 Å². The summed E-state index contributed by atoms with van der Waals surface area (Å²) in [6, 6.07) is 8.58. The fourth-order valence-electron chi connectivity index (χ4n) is 1.20. The third-order valence-corrected chi connectivity index (χ3v) is 2.21. The maximum atomic E-state index is 10.9. The SMILES string of the molecule is CC(=O)O[C@](C)(C#N)c1ccc(Cl)cc1. The van der Waals surface area contributed by atoms with Crippen LogP contribution >= 0.6 is 11.6 Å². The molecule has 1 rings (SSSR count). The van der Waals surface area contributed by atoms with Crippen molar-refractivity contribution in [2.75, 3.05) is 0 Å². The van der Waals surface area contributed by atoms with Crippen LogP contribution in [-0.4, -0.2) is 5.97 Å². The molecule has 0 heterocycles. The van der Waals surface area contributed by atoms with E-state index in [0.717, 1.165) is 0 Å². The molecule has 0 fully saturated rings. The summed E-state index contributed by atoms with van der Waals surface area (Å²) in [5.41, 5.74) is -0.652. The molecular formula is C11H10ClNO2. The topological polar surface area (TPSA) is 50.1 Å². The van der Waals surface area contributed by atoms with Crippen LogP contribution in [0.25, 0.3) is 0 Å². The van der Waals surface area contributed by atoms with Crippen LogP contribution in [0.1, 0.15) is 19.4 Å². The second-order valence-electron chi connectivity index (χ2n) is 3.25. The van der Waals surface area contributed by atoms with Gasteiger partial charge in [-0.2, -0.15) is 5.26 Å². The molecule has 1 aromatic carbocycles. The first-order valence-electron chi connectivity index (χ1n) is 4.35. The first-order valence-corrected chi connectivity index (χ1v) is 4.72. The van der Waals surface area contributed by atoms with Crippen LogP contribution < -0.4 is 0 Å². The highest BCUT2D eigenvalue weighted by molar-refractivity contribution is 6.30. The third-order valence-electron chi connectivity index (χ3n) is 1.96. The van der Waals surface area contributed by atoms with Gasteiger partial charge in [0, 0.05) is 17.5 Å². The molecule has 0 spiro atoms. The molecule has 0 aliphatic heterocycles. The number of nitrogens with zero attached hydrogens (tertiary/aromatic N) is 1. The summed E-state index contributed by atoms with van der Waals surface area (Å²) >= 11 is 5.72. The van der Waals surface area contributed by atoms with E-state index in [0.29, 0.717) is 10.6 Å². The second kappa shape index (κ2) is 4.33. The molecule has 0 amide bonds. The minimum Gasteiger partial charge on any atom is -0.440 e. The van der Waals surface area contributed by atoms with Crippen molar-refractivity contribution in [3.05, 3.63) is 34.9 Å². The smallest absolute Gasteiger partial charge is 0.304 e. The number of benzene rings is 1. The molecule has 1 aromatic rings. The zero-order valence-electron chi connectivity index (χ0n) is 8.45. The third kappa shape index (κ3) is 2.71. The minimum atomic E-state index is -1.25. The largest absolute Gasteiger partial charge is 0.440 e. The lowest BCUT2D eigenvalue weighted by Crippen LogP contribution is -2.26. The number of rotatable bonds is 2. The molecule has 0 radical (unpaired) electrons. The van der Waals surface area contributed by atoms with E-state index in [-0.39, 0.29) is 0 Å². The number of hydrogen-bond donors (Lipinski definition) is 0. The maximum absolute atomic E-state index is 10.9. The average molecular weight is 224 g/mol. The van der Waals surface area contributed by atoms with Crippen molar-refractivity contribution in [1.82, 2.24) is 0 Å². The number of hydrogen-bond acceptors (Lipinski definition) is 3. The quantitative estimate of drug-likeness (QED) is 0.725. The number of halogens is 1. The number of nitriles is 1. The summed E-state index contributed by atoms with van der Waals surface area (Å²) in [5, 5.41) is 9.57. The van der Waals surface area contributed by atoms with Crippen molar-refractivity contribution < 1.29 is 9.53 Å². The van der Waals surface area contributed by atoms with Gasteiger partial charge in [0.1, 0.15) is 6.07 Å². The van der Waals surface area contributed by atoms with Gasteiger partial charge in [-0.3, -0.25) is 4.79 Å². The Bertz CT molecular complexity index is 408. The Balaban J connectivity index is 3.07. The lowest BCUT2D eigenvalue weighted by molar-refractivity contribution is -0.151. The van der Waals surface area contributed by atoms with Crippen LogP contribution in [0.15, 0.2) is 24.3 Å². The molecule has 0 saturated heterocycles. The van der Waals surface area contributed by atoms with Gasteiger partial charge >= 0.3 is 5.97 Å². The Morgan fingerprint density at radius 1 is 1.47 bits per heavy atom. The Morgan fingerprint density at radius 2 is 2.00 bits per heavy atom. The van der Waals surface area contributed by atoms with Crippen LogP contribution in [0, 0.1) is 11.3 Å². The van der Waals surface area contributed by atoms with Gasteiger partial charge in [-0.15, -0.1) is 0 Å². The Morgan fingerprint density at radius 3 is 2.40 bits per heavy atom. The molecule has 0 aliphatic rings. The van der Waals surface area contributed by atoms with Gasteiger partial charge in [0.05, 0.1) is 0 Å². The van der Waals surface area contributed by atoms with Crippen molar-refractivity contribution in [2.24, 2.45) is 0 Å². The van der Waals surface area contributed by atoms with Crippen molar-refractivity contribution in [1.29, 1.82) is 5.26 Å². The highest BCUT2D eigenvalue weighted by atomic mass is 35.5. The predicted octanol–water partition coefficient (Wildman–Crippen LogP) is 2.64. The normalized spacial score (nSPS) is 13.7. The Hall–Kier alpha value is -1.53. The van der Waals surface area contributed by atoms with Gasteiger partial charge in [-0.1, -0.05) is 23.7 Å². The van der Waals surface area contributed by atoms with E-state index in [2.05, 4.69) is 0 Å². The molecule has 0 aromatic heterocycles. The molecule has 0 unspecified atom stereocenters. The zero-order valence-corrected chi connectivity index (χ0v) is 9.21. The van der Waals surface area contributed by atoms with Crippen LogP contribution in [0.2, 0.25) is 5.02 Å². The highest BCUT2D eigenvalue weighted by Crippen LogP contribution is 2.25. The van der Waals surface area contributed by atoms with Gasteiger partial charge in [-0.25, -0.2) is 0 Å². The van der Waals surface area contributed by atoms with Crippen LogP contribution in [0.4, 0.5) is 0 Å². The first-order chi connectivity index (χ1) is 6.98. The summed E-state index contributed by atoms with van der Waals surface area (Å²) in [7, 11) is 0. The van der Waals surface area contributed by atoms with Crippen molar-refractivity contribution >= 4 is 17.6 Å². The van der Waals surface area contributed by atoms with Crippen LogP contribution in [0.3, 0.4) is 0 Å². The molecule has 0 aliphatic carbocycles. The molecule has 4 heteroatoms. The van der Waals surface area contributed by atoms with Crippen molar-refractivity contribution in [3.63, 3.8) is 0 Å². The predicted molar refractivity (Wildman–Crippen MR) is 56.2 cm³/mol. The van der Waals surface area contributed by atoms with Gasteiger partial charge in [-0.05, 0) is 19.1 Å². The van der Waals surface area contributed by atoms with E-state index in [1.807, 2.05) is 6.07 Å². The molecule has 0 saturated carbocycles. The summed E-state index contributed by atoms with van der Waals surface area (Å²) in [6.45, 7) is 2.81. The average Bonchev–Trinajstić information content (AvgIpc) is 2.17. The summed E-state index contributed by atoms with van der Waals surface area (Å²) in [6.07, 6.45) is 0. The summed E-state index contributed by atoms with van der Waals surface area (Å²) in [5.74, 6) is -0.492. The van der Waals surface area contributed by atoms with Crippen molar-refractivity contribution in [2.45, 2.75) is 19.4 Å².